The maximum atomic E-state index is 9.30. The van der Waals surface area contributed by atoms with E-state index in [4.69, 9.17) is 5.73 Å². The second-order valence-electron chi connectivity index (χ2n) is 2.82. The third kappa shape index (κ3) is 1.51. The summed E-state index contributed by atoms with van der Waals surface area (Å²) < 4.78 is 0.960. The van der Waals surface area contributed by atoms with Crippen molar-refractivity contribution in [2.75, 3.05) is 5.73 Å². The number of hydrogen-bond acceptors (Lipinski definition) is 3. The van der Waals surface area contributed by atoms with Gasteiger partial charge >= 0.3 is 0 Å². The predicted octanol–water partition coefficient (Wildman–Crippen LogP) is 3.08. The number of halogens is 1. The van der Waals surface area contributed by atoms with E-state index in [-0.39, 0.29) is 0 Å². The molecule has 4 heteroatoms. The highest BCUT2D eigenvalue weighted by Gasteiger charge is 2.05. The average Bonchev–Trinajstić information content (AvgIpc) is 2.46. The number of thiophene rings is 1. The van der Waals surface area contributed by atoms with Gasteiger partial charge in [-0.25, -0.2) is 0 Å². The Bertz CT molecular complexity index is 452. The van der Waals surface area contributed by atoms with Crippen LogP contribution in [-0.2, 0) is 5.33 Å². The van der Waals surface area contributed by atoms with Crippen molar-refractivity contribution in [1.29, 1.82) is 0 Å². The molecule has 0 saturated carbocycles. The van der Waals surface area contributed by atoms with E-state index in [0.29, 0.717) is 5.06 Å². The van der Waals surface area contributed by atoms with Gasteiger partial charge in [0, 0.05) is 11.0 Å². The molecule has 0 spiro atoms. The largest absolute Gasteiger partial charge is 0.499 e. The summed E-state index contributed by atoms with van der Waals surface area (Å²) in [6.45, 7) is 0. The second kappa shape index (κ2) is 3.20. The van der Waals surface area contributed by atoms with Crippen molar-refractivity contribution >= 4 is 43.0 Å². The molecule has 0 radical (unpaired) electrons. The highest BCUT2D eigenvalue weighted by atomic mass is 79.9. The highest BCUT2D eigenvalue weighted by molar-refractivity contribution is 9.08. The molecule has 1 aromatic heterocycles. The topological polar surface area (TPSA) is 46.2 Å². The molecule has 0 atom stereocenters. The Kier molecular flexibility index (Phi) is 2.17. The van der Waals surface area contributed by atoms with E-state index in [0.717, 1.165) is 26.7 Å². The molecule has 0 saturated heterocycles. The molecular formula is C9H8BrNOS. The average molecular weight is 258 g/mol. The standard InChI is InChI=1S/C9H8BrNOS/c10-4-5-1-6-3-8(12)13-9(6)7(11)2-5/h1-3,12H,4,11H2. The fourth-order valence-electron chi connectivity index (χ4n) is 1.31. The number of benzene rings is 1. The molecule has 0 amide bonds. The quantitative estimate of drug-likeness (QED) is 0.610. The first-order valence-electron chi connectivity index (χ1n) is 3.77. The minimum absolute atomic E-state index is 0.313. The molecule has 2 aromatic rings. The van der Waals surface area contributed by atoms with Crippen molar-refractivity contribution in [2.45, 2.75) is 5.33 Å². The zero-order valence-corrected chi connectivity index (χ0v) is 9.15. The van der Waals surface area contributed by atoms with Gasteiger partial charge in [-0.2, -0.15) is 0 Å². The molecule has 2 nitrogen and oxygen atoms in total. The molecule has 68 valence electrons. The molecule has 1 aromatic carbocycles. The second-order valence-corrected chi connectivity index (χ2v) is 4.41. The summed E-state index contributed by atoms with van der Waals surface area (Å²) in [5.74, 6) is 0. The van der Waals surface area contributed by atoms with Crippen LogP contribution in [-0.4, -0.2) is 5.11 Å². The van der Waals surface area contributed by atoms with E-state index >= 15 is 0 Å². The zero-order valence-electron chi connectivity index (χ0n) is 6.75. The lowest BCUT2D eigenvalue weighted by Crippen LogP contribution is -1.86. The summed E-state index contributed by atoms with van der Waals surface area (Å²) in [6, 6.07) is 5.69. The van der Waals surface area contributed by atoms with Crippen LogP contribution in [0.1, 0.15) is 5.56 Å². The maximum absolute atomic E-state index is 9.30. The van der Waals surface area contributed by atoms with Gasteiger partial charge in [-0.1, -0.05) is 27.3 Å². The summed E-state index contributed by atoms with van der Waals surface area (Å²) in [5, 5.41) is 11.4. The number of aromatic hydroxyl groups is 1. The molecule has 2 rings (SSSR count). The first-order valence-corrected chi connectivity index (χ1v) is 5.71. The van der Waals surface area contributed by atoms with Gasteiger partial charge in [0.15, 0.2) is 5.06 Å². The van der Waals surface area contributed by atoms with Crippen molar-refractivity contribution in [2.24, 2.45) is 0 Å². The molecular weight excluding hydrogens is 250 g/mol. The van der Waals surface area contributed by atoms with Gasteiger partial charge in [0.25, 0.3) is 0 Å². The highest BCUT2D eigenvalue weighted by Crippen LogP contribution is 2.35. The summed E-state index contributed by atoms with van der Waals surface area (Å²) in [7, 11) is 0. The fraction of sp³-hybridized carbons (Fsp3) is 0.111. The first kappa shape index (κ1) is 8.84. The summed E-state index contributed by atoms with van der Waals surface area (Å²) in [4.78, 5) is 0. The lowest BCUT2D eigenvalue weighted by atomic mass is 10.1. The Labute approximate surface area is 88.1 Å². The number of alkyl halides is 1. The number of rotatable bonds is 1. The van der Waals surface area contributed by atoms with Crippen molar-refractivity contribution in [3.8, 4) is 5.06 Å². The molecule has 0 fully saturated rings. The van der Waals surface area contributed by atoms with Crippen molar-refractivity contribution < 1.29 is 5.11 Å². The summed E-state index contributed by atoms with van der Waals surface area (Å²) in [6.07, 6.45) is 0. The van der Waals surface area contributed by atoms with Gasteiger partial charge in [0.2, 0.25) is 0 Å². The smallest absolute Gasteiger partial charge is 0.172 e. The van der Waals surface area contributed by atoms with Crippen LogP contribution in [0.15, 0.2) is 18.2 Å². The number of anilines is 1. The molecule has 13 heavy (non-hydrogen) atoms. The minimum atomic E-state index is 0.313. The Morgan fingerprint density at radius 1 is 1.38 bits per heavy atom. The van der Waals surface area contributed by atoms with Crippen LogP contribution < -0.4 is 5.73 Å². The summed E-state index contributed by atoms with van der Waals surface area (Å²) >= 11 is 4.68. The fourth-order valence-corrected chi connectivity index (χ4v) is 2.44. The van der Waals surface area contributed by atoms with Crippen molar-refractivity contribution in [3.05, 3.63) is 23.8 Å². The van der Waals surface area contributed by atoms with Gasteiger partial charge < -0.3 is 10.8 Å². The van der Waals surface area contributed by atoms with Crippen LogP contribution in [0.25, 0.3) is 10.1 Å². The number of hydrogen-bond donors (Lipinski definition) is 2. The van der Waals surface area contributed by atoms with E-state index < -0.39 is 0 Å². The van der Waals surface area contributed by atoms with Crippen LogP contribution in [0, 0.1) is 0 Å². The lowest BCUT2D eigenvalue weighted by molar-refractivity contribution is 0.491. The van der Waals surface area contributed by atoms with Gasteiger partial charge in [-0.15, -0.1) is 0 Å². The zero-order chi connectivity index (χ0) is 9.42. The SMILES string of the molecule is Nc1cc(CBr)cc2cc(O)sc12. The van der Waals surface area contributed by atoms with Gasteiger partial charge in [0.05, 0.1) is 4.70 Å². The predicted molar refractivity (Wildman–Crippen MR) is 60.5 cm³/mol. The summed E-state index contributed by atoms with van der Waals surface area (Å²) in [5.41, 5.74) is 7.69. The van der Waals surface area contributed by atoms with Gasteiger partial charge in [0.1, 0.15) is 0 Å². The Morgan fingerprint density at radius 3 is 2.85 bits per heavy atom. The monoisotopic (exact) mass is 257 g/mol. The molecule has 0 aliphatic carbocycles. The molecule has 0 bridgehead atoms. The third-order valence-electron chi connectivity index (χ3n) is 1.85. The van der Waals surface area contributed by atoms with E-state index in [1.807, 2.05) is 12.1 Å². The Morgan fingerprint density at radius 2 is 2.15 bits per heavy atom. The van der Waals surface area contributed by atoms with E-state index in [1.165, 1.54) is 11.3 Å². The van der Waals surface area contributed by atoms with Crippen LogP contribution in [0.5, 0.6) is 5.06 Å². The molecule has 0 aliphatic heterocycles. The maximum Gasteiger partial charge on any atom is 0.172 e. The van der Waals surface area contributed by atoms with Crippen molar-refractivity contribution in [3.63, 3.8) is 0 Å². The van der Waals surface area contributed by atoms with Crippen LogP contribution in [0.2, 0.25) is 0 Å². The van der Waals surface area contributed by atoms with E-state index in [2.05, 4.69) is 15.9 Å². The lowest BCUT2D eigenvalue weighted by Gasteiger charge is -1.99. The van der Waals surface area contributed by atoms with E-state index in [9.17, 15) is 5.11 Å². The number of nitrogen functional groups attached to an aromatic ring is 1. The minimum Gasteiger partial charge on any atom is -0.499 e. The first-order chi connectivity index (χ1) is 6.20. The Balaban J connectivity index is 2.75. The van der Waals surface area contributed by atoms with E-state index in [1.54, 1.807) is 6.07 Å². The molecule has 0 unspecified atom stereocenters. The van der Waals surface area contributed by atoms with Crippen LogP contribution in [0.4, 0.5) is 5.69 Å². The molecule has 3 N–H and O–H groups in total. The van der Waals surface area contributed by atoms with Crippen LogP contribution in [0.3, 0.4) is 0 Å². The van der Waals surface area contributed by atoms with Crippen LogP contribution >= 0.6 is 27.3 Å². The molecule has 1 heterocycles. The molecule has 0 aliphatic rings. The van der Waals surface area contributed by atoms with Crippen molar-refractivity contribution in [1.82, 2.24) is 0 Å². The van der Waals surface area contributed by atoms with Gasteiger partial charge in [-0.05, 0) is 29.1 Å². The normalized spacial score (nSPS) is 10.8. The number of nitrogens with two attached hydrogens (primary N) is 1. The Hall–Kier alpha value is -0.740. The third-order valence-corrected chi connectivity index (χ3v) is 3.50. The number of fused-ring (bicyclic) bond motifs is 1. The van der Waals surface area contributed by atoms with Gasteiger partial charge in [-0.3, -0.25) is 0 Å².